The molecule has 1 aliphatic rings. The van der Waals surface area contributed by atoms with Gasteiger partial charge in [-0.2, -0.15) is 0 Å². The standard InChI is InChI=1S/C15H16F2O2/c1-10-12(7-11-5-3-2-4-6-11)8-15(16,17)9-13(10)14(18)19/h2-6,12H,7-9H2,1H3,(H,18,19). The summed E-state index contributed by atoms with van der Waals surface area (Å²) in [5.74, 6) is -4.56. The van der Waals surface area contributed by atoms with E-state index in [-0.39, 0.29) is 12.0 Å². The quantitative estimate of drug-likeness (QED) is 0.906. The Labute approximate surface area is 110 Å². The van der Waals surface area contributed by atoms with Crippen LogP contribution in [-0.4, -0.2) is 17.0 Å². The minimum atomic E-state index is -2.92. The SMILES string of the molecule is CC1=C(C(=O)O)CC(F)(F)CC1Cc1ccccc1. The zero-order valence-corrected chi connectivity index (χ0v) is 10.7. The highest BCUT2D eigenvalue weighted by molar-refractivity contribution is 5.88. The first-order valence-corrected chi connectivity index (χ1v) is 6.24. The van der Waals surface area contributed by atoms with Crippen molar-refractivity contribution in [3.63, 3.8) is 0 Å². The van der Waals surface area contributed by atoms with Crippen LogP contribution in [0, 0.1) is 5.92 Å². The van der Waals surface area contributed by atoms with Gasteiger partial charge in [0.25, 0.3) is 5.92 Å². The van der Waals surface area contributed by atoms with E-state index in [1.54, 1.807) is 6.92 Å². The summed E-state index contributed by atoms with van der Waals surface area (Å²) in [4.78, 5) is 11.1. The van der Waals surface area contributed by atoms with Crippen LogP contribution in [0.1, 0.15) is 25.3 Å². The van der Waals surface area contributed by atoms with Crippen LogP contribution in [-0.2, 0) is 11.2 Å². The van der Waals surface area contributed by atoms with E-state index in [2.05, 4.69) is 0 Å². The summed E-state index contributed by atoms with van der Waals surface area (Å²) >= 11 is 0. The Morgan fingerprint density at radius 3 is 2.58 bits per heavy atom. The topological polar surface area (TPSA) is 37.3 Å². The maximum absolute atomic E-state index is 13.6. The van der Waals surface area contributed by atoms with Crippen LogP contribution < -0.4 is 0 Å². The van der Waals surface area contributed by atoms with Crippen molar-refractivity contribution >= 4 is 5.97 Å². The number of allylic oxidation sites excluding steroid dienone is 1. The molecule has 0 fully saturated rings. The van der Waals surface area contributed by atoms with Crippen molar-refractivity contribution in [1.29, 1.82) is 0 Å². The molecule has 1 N–H and O–H groups in total. The molecule has 19 heavy (non-hydrogen) atoms. The van der Waals surface area contributed by atoms with E-state index < -0.39 is 24.2 Å². The lowest BCUT2D eigenvalue weighted by molar-refractivity contribution is -0.134. The Balaban J connectivity index is 2.28. The molecule has 102 valence electrons. The lowest BCUT2D eigenvalue weighted by Gasteiger charge is -2.31. The summed E-state index contributed by atoms with van der Waals surface area (Å²) < 4.78 is 27.3. The predicted octanol–water partition coefficient (Wildman–Crippen LogP) is 3.68. The minimum Gasteiger partial charge on any atom is -0.478 e. The first-order chi connectivity index (χ1) is 8.89. The lowest BCUT2D eigenvalue weighted by atomic mass is 9.78. The van der Waals surface area contributed by atoms with Crippen molar-refractivity contribution < 1.29 is 18.7 Å². The Morgan fingerprint density at radius 2 is 2.00 bits per heavy atom. The second-order valence-electron chi connectivity index (χ2n) is 5.09. The molecule has 0 aliphatic heterocycles. The number of benzene rings is 1. The molecule has 0 saturated heterocycles. The summed E-state index contributed by atoms with van der Waals surface area (Å²) in [6.07, 6.45) is -0.469. The van der Waals surface area contributed by atoms with Crippen molar-refractivity contribution in [2.75, 3.05) is 0 Å². The number of hydrogen-bond acceptors (Lipinski definition) is 1. The fraction of sp³-hybridized carbons (Fsp3) is 0.400. The van der Waals surface area contributed by atoms with Crippen LogP contribution in [0.5, 0.6) is 0 Å². The van der Waals surface area contributed by atoms with Crippen molar-refractivity contribution in [2.24, 2.45) is 5.92 Å². The Bertz CT molecular complexity index is 506. The Morgan fingerprint density at radius 1 is 1.37 bits per heavy atom. The fourth-order valence-corrected chi connectivity index (χ4v) is 2.60. The second-order valence-corrected chi connectivity index (χ2v) is 5.09. The van der Waals surface area contributed by atoms with Gasteiger partial charge in [0.05, 0.1) is 0 Å². The normalized spacial score (nSPS) is 22.4. The number of aliphatic carboxylic acids is 1. The zero-order valence-electron chi connectivity index (χ0n) is 10.7. The summed E-state index contributed by atoms with van der Waals surface area (Å²) in [5, 5.41) is 9.03. The number of hydrogen-bond donors (Lipinski definition) is 1. The number of halogens is 2. The monoisotopic (exact) mass is 266 g/mol. The molecule has 0 aromatic heterocycles. The summed E-state index contributed by atoms with van der Waals surface area (Å²) in [6, 6.07) is 9.33. The fourth-order valence-electron chi connectivity index (χ4n) is 2.60. The number of alkyl halides is 2. The van der Waals surface area contributed by atoms with Crippen LogP contribution >= 0.6 is 0 Å². The maximum atomic E-state index is 13.6. The second kappa shape index (κ2) is 5.11. The number of carboxylic acids is 1. The highest BCUT2D eigenvalue weighted by atomic mass is 19.3. The predicted molar refractivity (Wildman–Crippen MR) is 68.2 cm³/mol. The molecular formula is C15H16F2O2. The van der Waals surface area contributed by atoms with Crippen LogP contribution in [0.4, 0.5) is 8.78 Å². The van der Waals surface area contributed by atoms with E-state index in [0.717, 1.165) is 5.56 Å². The van der Waals surface area contributed by atoms with Crippen LogP contribution in [0.15, 0.2) is 41.5 Å². The van der Waals surface area contributed by atoms with Gasteiger partial charge in [-0.3, -0.25) is 0 Å². The molecule has 2 rings (SSSR count). The maximum Gasteiger partial charge on any atom is 0.331 e. The Hall–Kier alpha value is -1.71. The van der Waals surface area contributed by atoms with Gasteiger partial charge in [-0.25, -0.2) is 13.6 Å². The van der Waals surface area contributed by atoms with Gasteiger partial charge >= 0.3 is 5.97 Å². The summed E-state index contributed by atoms with van der Waals surface area (Å²) in [5.41, 5.74) is 1.41. The van der Waals surface area contributed by atoms with Gasteiger partial charge in [0.15, 0.2) is 0 Å². The molecular weight excluding hydrogens is 250 g/mol. The van der Waals surface area contributed by atoms with E-state index in [1.807, 2.05) is 30.3 Å². The van der Waals surface area contributed by atoms with Gasteiger partial charge in [0.1, 0.15) is 0 Å². The van der Waals surface area contributed by atoms with Crippen LogP contribution in [0.3, 0.4) is 0 Å². The molecule has 0 bridgehead atoms. The average molecular weight is 266 g/mol. The van der Waals surface area contributed by atoms with Crippen molar-refractivity contribution in [3.05, 3.63) is 47.0 Å². The number of carboxylic acid groups (broad SMARTS) is 1. The Kier molecular flexibility index (Phi) is 3.69. The molecule has 0 radical (unpaired) electrons. The van der Waals surface area contributed by atoms with Gasteiger partial charge in [-0.05, 0) is 24.8 Å². The molecule has 0 spiro atoms. The van der Waals surface area contributed by atoms with Gasteiger partial charge in [0.2, 0.25) is 0 Å². The molecule has 1 atom stereocenters. The van der Waals surface area contributed by atoms with Crippen molar-refractivity contribution in [3.8, 4) is 0 Å². The van der Waals surface area contributed by atoms with Crippen LogP contribution in [0.2, 0.25) is 0 Å². The van der Waals surface area contributed by atoms with E-state index in [0.29, 0.717) is 12.0 Å². The van der Waals surface area contributed by atoms with Crippen molar-refractivity contribution in [1.82, 2.24) is 0 Å². The third-order valence-electron chi connectivity index (χ3n) is 3.65. The molecule has 0 saturated carbocycles. The number of carbonyl (C=O) groups is 1. The van der Waals surface area contributed by atoms with E-state index in [4.69, 9.17) is 5.11 Å². The van der Waals surface area contributed by atoms with Crippen LogP contribution in [0.25, 0.3) is 0 Å². The van der Waals surface area contributed by atoms with Gasteiger partial charge in [-0.15, -0.1) is 0 Å². The summed E-state index contributed by atoms with van der Waals surface area (Å²) in [7, 11) is 0. The molecule has 0 amide bonds. The van der Waals surface area contributed by atoms with E-state index in [9.17, 15) is 13.6 Å². The van der Waals surface area contributed by atoms with Gasteiger partial charge in [-0.1, -0.05) is 35.9 Å². The molecule has 4 heteroatoms. The van der Waals surface area contributed by atoms with Crippen molar-refractivity contribution in [2.45, 2.75) is 32.1 Å². The number of rotatable bonds is 3. The average Bonchev–Trinajstić information content (AvgIpc) is 2.34. The van der Waals surface area contributed by atoms with E-state index in [1.165, 1.54) is 0 Å². The molecule has 0 heterocycles. The third-order valence-corrected chi connectivity index (χ3v) is 3.65. The molecule has 1 aromatic carbocycles. The smallest absolute Gasteiger partial charge is 0.331 e. The van der Waals surface area contributed by atoms with Gasteiger partial charge < -0.3 is 5.11 Å². The molecule has 2 nitrogen and oxygen atoms in total. The minimum absolute atomic E-state index is 0.128. The highest BCUT2D eigenvalue weighted by Gasteiger charge is 2.41. The van der Waals surface area contributed by atoms with E-state index >= 15 is 0 Å². The highest BCUT2D eigenvalue weighted by Crippen LogP contribution is 2.41. The molecule has 1 unspecified atom stereocenters. The lowest BCUT2D eigenvalue weighted by Crippen LogP contribution is -2.31. The first kappa shape index (κ1) is 13.7. The first-order valence-electron chi connectivity index (χ1n) is 6.24. The largest absolute Gasteiger partial charge is 0.478 e. The molecule has 1 aromatic rings. The van der Waals surface area contributed by atoms with Gasteiger partial charge in [0, 0.05) is 18.4 Å². The zero-order chi connectivity index (χ0) is 14.0. The third kappa shape index (κ3) is 3.19. The molecule has 1 aliphatic carbocycles. The summed E-state index contributed by atoms with van der Waals surface area (Å²) in [6.45, 7) is 1.66.